The van der Waals surface area contributed by atoms with E-state index in [1.54, 1.807) is 4.90 Å². The van der Waals surface area contributed by atoms with Crippen LogP contribution in [0.25, 0.3) is 0 Å². The van der Waals surface area contributed by atoms with E-state index in [-0.39, 0.29) is 18.1 Å². The maximum absolute atomic E-state index is 12.3. The number of carbonyl (C=O) groups excluding carboxylic acids is 2. The van der Waals surface area contributed by atoms with Gasteiger partial charge in [-0.05, 0) is 49.9 Å². The van der Waals surface area contributed by atoms with Crippen LogP contribution in [0.5, 0.6) is 0 Å². The number of nitrogens with one attached hydrogen (secondary N) is 3. The van der Waals surface area contributed by atoms with Gasteiger partial charge in [-0.3, -0.25) is 0 Å². The Bertz CT molecular complexity index is 608. The summed E-state index contributed by atoms with van der Waals surface area (Å²) in [5.41, 5.74) is 0.783. The number of halogens is 1. The van der Waals surface area contributed by atoms with Crippen molar-refractivity contribution in [1.29, 1.82) is 0 Å². The number of piperidine rings is 1. The number of hydrogen-bond acceptors (Lipinski definition) is 2. The van der Waals surface area contributed by atoms with Gasteiger partial charge in [0.25, 0.3) is 0 Å². The van der Waals surface area contributed by atoms with Crippen LogP contribution < -0.4 is 16.0 Å². The predicted molar refractivity (Wildman–Crippen MR) is 106 cm³/mol. The lowest BCUT2D eigenvalue weighted by Crippen LogP contribution is -2.51. The van der Waals surface area contributed by atoms with Crippen LogP contribution in [0.3, 0.4) is 0 Å². The fourth-order valence-corrected chi connectivity index (χ4v) is 3.89. The molecule has 0 unspecified atom stereocenters. The van der Waals surface area contributed by atoms with E-state index in [2.05, 4.69) is 31.9 Å². The number of amides is 4. The predicted octanol–water partition coefficient (Wildman–Crippen LogP) is 4.08. The molecule has 2 aliphatic rings. The van der Waals surface area contributed by atoms with E-state index in [1.807, 2.05) is 24.3 Å². The second kappa shape index (κ2) is 9.26. The molecule has 7 heteroatoms. The van der Waals surface area contributed by atoms with Crippen LogP contribution in [0.2, 0.25) is 0 Å². The highest BCUT2D eigenvalue weighted by atomic mass is 79.9. The van der Waals surface area contributed by atoms with Crippen molar-refractivity contribution in [2.75, 3.05) is 18.4 Å². The van der Waals surface area contributed by atoms with Gasteiger partial charge in [-0.1, -0.05) is 35.2 Å². The first-order valence-corrected chi connectivity index (χ1v) is 10.3. The molecule has 0 spiro atoms. The Hall–Kier alpha value is -1.76. The second-order valence-corrected chi connectivity index (χ2v) is 8.07. The molecular weight excluding hydrogens is 396 g/mol. The van der Waals surface area contributed by atoms with Crippen LogP contribution in [0.4, 0.5) is 15.3 Å². The van der Waals surface area contributed by atoms with Crippen LogP contribution >= 0.6 is 15.9 Å². The average molecular weight is 423 g/mol. The summed E-state index contributed by atoms with van der Waals surface area (Å²) in [7, 11) is 0. The van der Waals surface area contributed by atoms with Crippen LogP contribution in [-0.2, 0) is 0 Å². The second-order valence-electron chi connectivity index (χ2n) is 7.15. The molecule has 142 valence electrons. The normalized spacial score (nSPS) is 19.0. The Labute approximate surface area is 163 Å². The summed E-state index contributed by atoms with van der Waals surface area (Å²) in [6.45, 7) is 1.30. The molecule has 1 saturated carbocycles. The van der Waals surface area contributed by atoms with E-state index in [9.17, 15) is 9.59 Å². The van der Waals surface area contributed by atoms with E-state index in [1.165, 1.54) is 19.3 Å². The molecule has 1 aromatic carbocycles. The molecule has 2 fully saturated rings. The first kappa shape index (κ1) is 19.0. The van der Waals surface area contributed by atoms with Gasteiger partial charge in [0, 0.05) is 35.3 Å². The molecule has 1 saturated heterocycles. The van der Waals surface area contributed by atoms with Crippen molar-refractivity contribution in [2.24, 2.45) is 0 Å². The molecule has 3 N–H and O–H groups in total. The Balaban J connectivity index is 1.38. The fraction of sp³-hybridized carbons (Fsp3) is 0.579. The van der Waals surface area contributed by atoms with Gasteiger partial charge in [0.05, 0.1) is 0 Å². The third-order valence-electron chi connectivity index (χ3n) is 5.15. The van der Waals surface area contributed by atoms with Gasteiger partial charge in [0.1, 0.15) is 0 Å². The van der Waals surface area contributed by atoms with E-state index in [0.29, 0.717) is 19.1 Å². The van der Waals surface area contributed by atoms with E-state index < -0.39 is 0 Å². The number of urea groups is 2. The third-order valence-corrected chi connectivity index (χ3v) is 5.68. The van der Waals surface area contributed by atoms with Crippen molar-refractivity contribution in [3.8, 4) is 0 Å². The van der Waals surface area contributed by atoms with Crippen LogP contribution in [0, 0.1) is 0 Å². The molecule has 0 atom stereocenters. The van der Waals surface area contributed by atoms with Crippen molar-refractivity contribution in [3.63, 3.8) is 0 Å². The van der Waals surface area contributed by atoms with Crippen molar-refractivity contribution in [3.05, 3.63) is 28.7 Å². The molecule has 1 aliphatic carbocycles. The molecule has 3 rings (SSSR count). The summed E-state index contributed by atoms with van der Waals surface area (Å²) in [4.78, 5) is 26.3. The highest BCUT2D eigenvalue weighted by molar-refractivity contribution is 9.10. The molecule has 1 aliphatic heterocycles. The Morgan fingerprint density at radius 2 is 1.46 bits per heavy atom. The largest absolute Gasteiger partial charge is 0.335 e. The lowest BCUT2D eigenvalue weighted by molar-refractivity contribution is 0.186. The zero-order valence-corrected chi connectivity index (χ0v) is 16.6. The fourth-order valence-electron chi connectivity index (χ4n) is 3.62. The smallest absolute Gasteiger partial charge is 0.321 e. The van der Waals surface area contributed by atoms with Gasteiger partial charge >= 0.3 is 12.1 Å². The summed E-state index contributed by atoms with van der Waals surface area (Å²) in [5.74, 6) is 0. The Morgan fingerprint density at radius 3 is 2.08 bits per heavy atom. The zero-order chi connectivity index (χ0) is 18.4. The minimum atomic E-state index is -0.0857. The standard InChI is InChI=1S/C19H27BrN4O2/c20-14-6-8-16(9-7-14)23-19(26)24-12-10-17(11-13-24)22-18(25)21-15-4-2-1-3-5-15/h6-9,15,17H,1-5,10-13H2,(H,23,26)(H2,21,22,25). The molecule has 0 radical (unpaired) electrons. The number of hydrogen-bond donors (Lipinski definition) is 3. The number of likely N-dealkylation sites (tertiary alicyclic amines) is 1. The lowest BCUT2D eigenvalue weighted by Gasteiger charge is -2.33. The minimum Gasteiger partial charge on any atom is -0.335 e. The number of rotatable bonds is 3. The Kier molecular flexibility index (Phi) is 6.77. The van der Waals surface area contributed by atoms with Crippen molar-refractivity contribution in [1.82, 2.24) is 15.5 Å². The first-order chi connectivity index (χ1) is 12.6. The Morgan fingerprint density at radius 1 is 0.885 bits per heavy atom. The van der Waals surface area contributed by atoms with Crippen molar-refractivity contribution < 1.29 is 9.59 Å². The lowest BCUT2D eigenvalue weighted by atomic mass is 9.96. The van der Waals surface area contributed by atoms with Crippen LogP contribution in [-0.4, -0.2) is 42.1 Å². The van der Waals surface area contributed by atoms with Gasteiger partial charge in [0.2, 0.25) is 0 Å². The summed E-state index contributed by atoms with van der Waals surface area (Å²) < 4.78 is 0.980. The van der Waals surface area contributed by atoms with Gasteiger partial charge in [0.15, 0.2) is 0 Å². The molecule has 0 aromatic heterocycles. The summed E-state index contributed by atoms with van der Waals surface area (Å²) in [5, 5.41) is 9.07. The molecular formula is C19H27BrN4O2. The number of benzene rings is 1. The summed E-state index contributed by atoms with van der Waals surface area (Å²) in [6, 6.07) is 7.84. The van der Waals surface area contributed by atoms with Crippen molar-refractivity contribution in [2.45, 2.75) is 57.0 Å². The number of nitrogens with zero attached hydrogens (tertiary/aromatic N) is 1. The topological polar surface area (TPSA) is 73.5 Å². The highest BCUT2D eigenvalue weighted by Gasteiger charge is 2.24. The minimum absolute atomic E-state index is 0.0605. The number of anilines is 1. The third kappa shape index (κ3) is 5.62. The maximum atomic E-state index is 12.3. The van der Waals surface area contributed by atoms with E-state index in [0.717, 1.165) is 35.8 Å². The van der Waals surface area contributed by atoms with Crippen molar-refractivity contribution >= 4 is 33.7 Å². The van der Waals surface area contributed by atoms with Crippen LogP contribution in [0.15, 0.2) is 28.7 Å². The first-order valence-electron chi connectivity index (χ1n) is 9.49. The average Bonchev–Trinajstić information content (AvgIpc) is 2.65. The monoisotopic (exact) mass is 422 g/mol. The quantitative estimate of drug-likeness (QED) is 0.686. The molecule has 26 heavy (non-hydrogen) atoms. The van der Waals surface area contributed by atoms with Gasteiger partial charge in [-0.15, -0.1) is 0 Å². The highest BCUT2D eigenvalue weighted by Crippen LogP contribution is 2.18. The summed E-state index contributed by atoms with van der Waals surface area (Å²) >= 11 is 3.38. The SMILES string of the molecule is O=C(NC1CCCCC1)NC1CCN(C(=O)Nc2ccc(Br)cc2)CC1. The molecule has 1 aromatic rings. The van der Waals surface area contributed by atoms with E-state index >= 15 is 0 Å². The van der Waals surface area contributed by atoms with Gasteiger partial charge in [-0.2, -0.15) is 0 Å². The van der Waals surface area contributed by atoms with Gasteiger partial charge in [-0.25, -0.2) is 9.59 Å². The number of carbonyl (C=O) groups is 2. The maximum Gasteiger partial charge on any atom is 0.321 e. The molecule has 0 bridgehead atoms. The molecule has 1 heterocycles. The summed E-state index contributed by atoms with van der Waals surface area (Å²) in [6.07, 6.45) is 7.43. The van der Waals surface area contributed by atoms with Gasteiger partial charge < -0.3 is 20.9 Å². The van der Waals surface area contributed by atoms with E-state index in [4.69, 9.17) is 0 Å². The molecule has 4 amide bonds. The molecule has 6 nitrogen and oxygen atoms in total. The zero-order valence-electron chi connectivity index (χ0n) is 15.0. The van der Waals surface area contributed by atoms with Crippen LogP contribution in [0.1, 0.15) is 44.9 Å².